The number of carbonyl (C=O) groups excluding carboxylic acids is 1. The number of rotatable bonds is 9. The predicted octanol–water partition coefficient (Wildman–Crippen LogP) is -2.05. The molecule has 0 radical (unpaired) electrons. The third-order valence-corrected chi connectivity index (χ3v) is 8.07. The summed E-state index contributed by atoms with van der Waals surface area (Å²) < 4.78 is 69.0. The Bertz CT molecular complexity index is 1670. The SMILES string of the molecule is CC(C)(C)COc1cccc2c1C(N)=NS(=O)(=O)N2.CCCCC(=O)C(C)(C)COc1cccc2c1C(N)=NS(=O)(=O)N2.[H-].[H-].[Na+].[Na+]. The van der Waals surface area contributed by atoms with Crippen LogP contribution in [0.2, 0.25) is 0 Å². The number of ether oxygens (including phenoxy) is 2. The number of Topliss-reactive ketones (excluding diaryl/α,β-unsaturated/α-hetero) is 1. The van der Waals surface area contributed by atoms with Crippen molar-refractivity contribution in [3.05, 3.63) is 47.5 Å². The van der Waals surface area contributed by atoms with Crippen molar-refractivity contribution in [3.8, 4) is 11.5 Å². The third kappa shape index (κ3) is 11.7. The normalized spacial score (nSPS) is 15.7. The largest absolute Gasteiger partial charge is 1.00 e. The fourth-order valence-corrected chi connectivity index (χ4v) is 5.67. The number of ketones is 1. The van der Waals surface area contributed by atoms with Crippen LogP contribution in [0.25, 0.3) is 0 Å². The average molecular weight is 685 g/mol. The van der Waals surface area contributed by atoms with Crippen molar-refractivity contribution < 1.29 is 93.1 Å². The first-order valence-electron chi connectivity index (χ1n) is 13.7. The van der Waals surface area contributed by atoms with E-state index in [1.54, 1.807) is 36.4 Å². The van der Waals surface area contributed by atoms with Gasteiger partial charge in [0.1, 0.15) is 23.9 Å². The molecule has 2 aromatic rings. The van der Waals surface area contributed by atoms with E-state index in [0.717, 1.165) is 12.8 Å². The van der Waals surface area contributed by atoms with Gasteiger partial charge in [0, 0.05) is 6.42 Å². The van der Waals surface area contributed by atoms with Crippen molar-refractivity contribution in [2.24, 2.45) is 31.1 Å². The maximum absolute atomic E-state index is 12.3. The van der Waals surface area contributed by atoms with Gasteiger partial charge in [-0.15, -0.1) is 8.80 Å². The smallest absolute Gasteiger partial charge is 1.00 e. The number of hydrogen-bond donors (Lipinski definition) is 4. The molecule has 0 saturated carbocycles. The molecule has 2 aliphatic heterocycles. The molecule has 2 heterocycles. The molecule has 0 amide bonds. The molecule has 0 saturated heterocycles. The Balaban J connectivity index is 0. The summed E-state index contributed by atoms with van der Waals surface area (Å²) in [5.41, 5.74) is 12.4. The van der Waals surface area contributed by atoms with Crippen LogP contribution < -0.4 is 89.5 Å². The first-order chi connectivity index (χ1) is 19.8. The Morgan fingerprint density at radius 1 is 0.800 bits per heavy atom. The van der Waals surface area contributed by atoms with E-state index >= 15 is 0 Å². The number of anilines is 2. The Labute approximate surface area is 313 Å². The number of fused-ring (bicyclic) bond motifs is 2. The van der Waals surface area contributed by atoms with Gasteiger partial charge in [-0.2, -0.15) is 16.8 Å². The van der Waals surface area contributed by atoms with Gasteiger partial charge in [-0.05, 0) is 49.9 Å². The van der Waals surface area contributed by atoms with E-state index in [-0.39, 0.29) is 91.4 Å². The van der Waals surface area contributed by atoms with Gasteiger partial charge in [0.15, 0.2) is 11.7 Å². The summed E-state index contributed by atoms with van der Waals surface area (Å²) in [7, 11) is -7.57. The number of unbranched alkanes of at least 4 members (excludes halogenated alkanes) is 1. The molecule has 17 heteroatoms. The number of nitrogens with one attached hydrogen (secondary N) is 2. The molecule has 2 aromatic carbocycles. The van der Waals surface area contributed by atoms with E-state index < -0.39 is 25.8 Å². The predicted molar refractivity (Wildman–Crippen MR) is 170 cm³/mol. The van der Waals surface area contributed by atoms with Gasteiger partial charge >= 0.3 is 79.5 Å². The molecule has 2 aliphatic rings. The molecule has 0 bridgehead atoms. The van der Waals surface area contributed by atoms with Crippen molar-refractivity contribution in [3.63, 3.8) is 0 Å². The Kier molecular flexibility index (Phi) is 14.9. The zero-order valence-electron chi connectivity index (χ0n) is 29.2. The minimum Gasteiger partial charge on any atom is -1.00 e. The molecule has 4 rings (SSSR count). The van der Waals surface area contributed by atoms with Crippen LogP contribution in [0.15, 0.2) is 45.2 Å². The topological polar surface area (TPSA) is 205 Å². The van der Waals surface area contributed by atoms with E-state index in [1.807, 2.05) is 41.5 Å². The fourth-order valence-electron chi connectivity index (χ4n) is 3.98. The summed E-state index contributed by atoms with van der Waals surface area (Å²) >= 11 is 0. The summed E-state index contributed by atoms with van der Waals surface area (Å²) in [6.45, 7) is 12.5. The van der Waals surface area contributed by atoms with Crippen LogP contribution in [0.4, 0.5) is 11.4 Å². The molecule has 0 spiro atoms. The van der Waals surface area contributed by atoms with Crippen LogP contribution in [0.3, 0.4) is 0 Å². The van der Waals surface area contributed by atoms with Crippen LogP contribution in [-0.2, 0) is 25.2 Å². The molecule has 0 aliphatic carbocycles. The zero-order valence-corrected chi connectivity index (χ0v) is 32.9. The second-order valence-electron chi connectivity index (χ2n) is 12.0. The van der Waals surface area contributed by atoms with Crippen molar-refractivity contribution >= 4 is 49.2 Å². The van der Waals surface area contributed by atoms with Gasteiger partial charge in [-0.1, -0.05) is 46.2 Å². The van der Waals surface area contributed by atoms with Gasteiger partial charge in [-0.3, -0.25) is 14.2 Å². The van der Waals surface area contributed by atoms with Gasteiger partial charge in [0.25, 0.3) is 0 Å². The molecule has 240 valence electrons. The van der Waals surface area contributed by atoms with Crippen molar-refractivity contribution in [2.45, 2.75) is 60.8 Å². The van der Waals surface area contributed by atoms with Crippen molar-refractivity contribution in [2.75, 3.05) is 22.7 Å². The van der Waals surface area contributed by atoms with E-state index in [9.17, 15) is 21.6 Å². The van der Waals surface area contributed by atoms with Crippen molar-refractivity contribution in [1.82, 2.24) is 0 Å². The summed E-state index contributed by atoms with van der Waals surface area (Å²) in [4.78, 5) is 12.3. The Morgan fingerprint density at radius 2 is 1.22 bits per heavy atom. The van der Waals surface area contributed by atoms with E-state index in [1.165, 1.54) is 0 Å². The average Bonchev–Trinajstić information content (AvgIpc) is 2.87. The number of amidine groups is 2. The van der Waals surface area contributed by atoms with Crippen LogP contribution in [-0.4, -0.2) is 47.5 Å². The van der Waals surface area contributed by atoms with Crippen LogP contribution in [0.1, 0.15) is 74.8 Å². The second-order valence-corrected chi connectivity index (χ2v) is 14.7. The monoisotopic (exact) mass is 684 g/mol. The molecule has 0 fully saturated rings. The minimum atomic E-state index is -3.83. The van der Waals surface area contributed by atoms with Crippen LogP contribution in [0, 0.1) is 10.8 Å². The van der Waals surface area contributed by atoms with Crippen LogP contribution in [0.5, 0.6) is 11.5 Å². The molecule has 0 atom stereocenters. The number of nitrogens with two attached hydrogens (primary N) is 2. The maximum Gasteiger partial charge on any atom is 1.00 e. The number of nitrogens with zero attached hydrogens (tertiary/aromatic N) is 2. The number of hydrogen-bond acceptors (Lipinski definition) is 9. The molecule has 0 unspecified atom stereocenters. The van der Waals surface area contributed by atoms with Crippen molar-refractivity contribution in [1.29, 1.82) is 0 Å². The molecule has 0 aromatic heterocycles. The second kappa shape index (κ2) is 16.3. The van der Waals surface area contributed by atoms with Crippen LogP contribution >= 0.6 is 0 Å². The minimum absolute atomic E-state index is 0. The first-order valence-corrected chi connectivity index (χ1v) is 16.5. The summed E-state index contributed by atoms with van der Waals surface area (Å²) in [5.74, 6) is 0.868. The molecule has 6 N–H and O–H groups in total. The maximum atomic E-state index is 12.3. The quantitative estimate of drug-likeness (QED) is 0.214. The molecular weight excluding hydrogens is 642 g/mol. The molecule has 13 nitrogen and oxygen atoms in total. The Hall–Kier alpha value is -1.85. The standard InChI is InChI=1S/C16H23N3O4S.C12H17N3O3S.2Na.2H/c1-4-5-9-13(20)16(2,3)10-23-12-8-6-7-11-14(12)15(17)19-24(21,22)18-11;1-12(2,3)7-18-9-6-4-5-8-10(9)11(13)15-19(16,17)14-8;;;;/h6-8,18H,4-5,9-10H2,1-3H3,(H2,17,19);4-6,14H,7H2,1-3H3,(H2,13,15);;;;/q;;2*+1;2*-1. The van der Waals surface area contributed by atoms with E-state index in [0.29, 0.717) is 47.0 Å². The molecular formula is C28H42N6Na2O7S2. The summed E-state index contributed by atoms with van der Waals surface area (Å²) in [6, 6.07) is 9.98. The van der Waals surface area contributed by atoms with Gasteiger partial charge in [-0.25, -0.2) is 0 Å². The zero-order chi connectivity index (χ0) is 32.2. The first kappa shape index (κ1) is 41.2. The Morgan fingerprint density at radius 3 is 1.62 bits per heavy atom. The van der Waals surface area contributed by atoms with Gasteiger partial charge in [0.2, 0.25) is 0 Å². The number of carbonyl (C=O) groups is 1. The van der Waals surface area contributed by atoms with Gasteiger partial charge in [0.05, 0.1) is 34.5 Å². The molecule has 45 heavy (non-hydrogen) atoms. The summed E-state index contributed by atoms with van der Waals surface area (Å²) in [6.07, 6.45) is 2.33. The summed E-state index contributed by atoms with van der Waals surface area (Å²) in [5, 5.41) is 0. The fraction of sp³-hybridized carbons (Fsp3) is 0.464. The van der Waals surface area contributed by atoms with E-state index in [2.05, 4.69) is 18.2 Å². The van der Waals surface area contributed by atoms with E-state index in [4.69, 9.17) is 20.9 Å². The third-order valence-electron chi connectivity index (χ3n) is 6.24. The van der Waals surface area contributed by atoms with Gasteiger partial charge < -0.3 is 23.8 Å². The number of benzene rings is 2.